The maximum Gasteiger partial charge on any atom is 0.190 e. The van der Waals surface area contributed by atoms with Gasteiger partial charge in [-0.15, -0.1) is 23.5 Å². The summed E-state index contributed by atoms with van der Waals surface area (Å²) in [6.07, 6.45) is 2.89. The fourth-order valence-electron chi connectivity index (χ4n) is 1.83. The van der Waals surface area contributed by atoms with Crippen LogP contribution in [0.4, 0.5) is 0 Å². The highest BCUT2D eigenvalue weighted by atomic mass is 35.6. The lowest BCUT2D eigenvalue weighted by atomic mass is 9.88. The molecule has 1 rings (SSSR count). The molecule has 0 saturated carbocycles. The summed E-state index contributed by atoms with van der Waals surface area (Å²) < 4.78 is -0.911. The molecular weight excluding hydrogens is 303 g/mol. The topological polar surface area (TPSA) is 0 Å². The Morgan fingerprint density at radius 2 is 1.56 bits per heavy atom. The molecule has 16 heavy (non-hydrogen) atoms. The first-order valence-corrected chi connectivity index (χ1v) is 8.61. The molecule has 0 aromatic heterocycles. The van der Waals surface area contributed by atoms with Crippen LogP contribution in [0, 0.1) is 5.41 Å². The molecule has 0 amide bonds. The molecule has 1 aliphatic rings. The van der Waals surface area contributed by atoms with Gasteiger partial charge in [-0.1, -0.05) is 55.6 Å². The van der Waals surface area contributed by atoms with Crippen LogP contribution in [0.1, 0.15) is 40.0 Å². The number of thioether (sulfide) groups is 2. The van der Waals surface area contributed by atoms with Crippen LogP contribution in [0.2, 0.25) is 0 Å². The smallest absolute Gasteiger partial charge is 0.144 e. The zero-order valence-corrected chi connectivity index (χ0v) is 13.9. The van der Waals surface area contributed by atoms with Gasteiger partial charge < -0.3 is 0 Å². The Balaban J connectivity index is 2.72. The summed E-state index contributed by atoms with van der Waals surface area (Å²) in [5, 5.41) is 0. The first-order chi connectivity index (χ1) is 7.16. The Labute approximate surface area is 123 Å². The maximum absolute atomic E-state index is 5.88. The van der Waals surface area contributed by atoms with Gasteiger partial charge in [0.05, 0.1) is 4.08 Å². The SMILES string of the molecule is CC(C)(C)C1(CCC(Cl)(Cl)Cl)SCCCS1. The van der Waals surface area contributed by atoms with Gasteiger partial charge in [0.25, 0.3) is 0 Å². The summed E-state index contributed by atoms with van der Waals surface area (Å²) in [6, 6.07) is 0. The number of halogens is 3. The van der Waals surface area contributed by atoms with E-state index in [0.29, 0.717) is 6.42 Å². The molecule has 1 saturated heterocycles. The van der Waals surface area contributed by atoms with Crippen LogP contribution >= 0.6 is 58.3 Å². The number of hydrogen-bond acceptors (Lipinski definition) is 2. The summed E-state index contributed by atoms with van der Waals surface area (Å²) in [5.74, 6) is 2.45. The third-order valence-corrected chi connectivity index (χ3v) is 7.66. The average molecular weight is 322 g/mol. The minimum Gasteiger partial charge on any atom is -0.144 e. The summed E-state index contributed by atoms with van der Waals surface area (Å²) >= 11 is 21.7. The Bertz CT molecular complexity index is 224. The lowest BCUT2D eigenvalue weighted by Gasteiger charge is -2.46. The van der Waals surface area contributed by atoms with Crippen LogP contribution in [0.5, 0.6) is 0 Å². The average Bonchev–Trinajstić information content (AvgIpc) is 2.13. The Kier molecular flexibility index (Phi) is 5.56. The van der Waals surface area contributed by atoms with Gasteiger partial charge >= 0.3 is 0 Å². The molecule has 0 nitrogen and oxygen atoms in total. The van der Waals surface area contributed by atoms with Crippen molar-refractivity contribution in [1.29, 1.82) is 0 Å². The van der Waals surface area contributed by atoms with Gasteiger partial charge in [0, 0.05) is 0 Å². The molecule has 5 heteroatoms. The van der Waals surface area contributed by atoms with E-state index in [1.807, 2.05) is 23.5 Å². The number of alkyl halides is 3. The van der Waals surface area contributed by atoms with Crippen molar-refractivity contribution in [1.82, 2.24) is 0 Å². The van der Waals surface area contributed by atoms with E-state index in [1.165, 1.54) is 17.9 Å². The zero-order chi connectivity index (χ0) is 12.4. The summed E-state index contributed by atoms with van der Waals surface area (Å²) in [4.78, 5) is 0. The summed E-state index contributed by atoms with van der Waals surface area (Å²) in [7, 11) is 0. The van der Waals surface area contributed by atoms with E-state index in [0.717, 1.165) is 6.42 Å². The standard InChI is InChI=1S/C11H19Cl3S2/c1-9(2,3)10(5-6-11(12,13)14)15-7-4-8-16-10/h4-8H2,1-3H3. The van der Waals surface area contributed by atoms with E-state index in [-0.39, 0.29) is 9.49 Å². The quantitative estimate of drug-likeness (QED) is 0.594. The second kappa shape index (κ2) is 5.69. The Morgan fingerprint density at radius 3 is 1.94 bits per heavy atom. The Morgan fingerprint density at radius 1 is 1.06 bits per heavy atom. The molecule has 0 spiro atoms. The fourth-order valence-corrected chi connectivity index (χ4v) is 5.73. The first kappa shape index (κ1) is 15.6. The summed E-state index contributed by atoms with van der Waals surface area (Å²) in [6.45, 7) is 6.87. The molecule has 1 aliphatic heterocycles. The largest absolute Gasteiger partial charge is 0.190 e. The van der Waals surface area contributed by atoms with Gasteiger partial charge in [-0.3, -0.25) is 0 Å². The van der Waals surface area contributed by atoms with E-state index < -0.39 is 3.79 Å². The first-order valence-electron chi connectivity index (χ1n) is 5.51. The molecule has 96 valence electrons. The van der Waals surface area contributed by atoms with Gasteiger partial charge in [0.15, 0.2) is 3.79 Å². The van der Waals surface area contributed by atoms with Crippen LogP contribution in [-0.4, -0.2) is 19.4 Å². The van der Waals surface area contributed by atoms with Crippen molar-refractivity contribution in [3.05, 3.63) is 0 Å². The molecule has 1 heterocycles. The summed E-state index contributed by atoms with van der Waals surface area (Å²) in [5.41, 5.74) is 0.235. The molecule has 1 fully saturated rings. The molecule has 0 aromatic rings. The highest BCUT2D eigenvalue weighted by Gasteiger charge is 2.45. The van der Waals surface area contributed by atoms with Gasteiger partial charge in [0.1, 0.15) is 0 Å². The minimum absolute atomic E-state index is 0.204. The lowest BCUT2D eigenvalue weighted by Crippen LogP contribution is -2.39. The number of hydrogen-bond donors (Lipinski definition) is 0. The highest BCUT2D eigenvalue weighted by Crippen LogP contribution is 2.57. The van der Waals surface area contributed by atoms with E-state index >= 15 is 0 Å². The van der Waals surface area contributed by atoms with Crippen molar-refractivity contribution < 1.29 is 0 Å². The van der Waals surface area contributed by atoms with Gasteiger partial charge in [0.2, 0.25) is 0 Å². The second-order valence-corrected chi connectivity index (χ2v) is 10.7. The molecule has 0 N–H and O–H groups in total. The van der Waals surface area contributed by atoms with Crippen molar-refractivity contribution >= 4 is 58.3 Å². The van der Waals surface area contributed by atoms with E-state index in [4.69, 9.17) is 34.8 Å². The van der Waals surface area contributed by atoms with Crippen molar-refractivity contribution in [2.45, 2.75) is 47.9 Å². The van der Waals surface area contributed by atoms with Crippen molar-refractivity contribution in [3.8, 4) is 0 Å². The minimum atomic E-state index is -1.11. The number of rotatable bonds is 2. The predicted molar refractivity (Wildman–Crippen MR) is 81.2 cm³/mol. The third-order valence-electron chi connectivity index (χ3n) is 2.84. The second-order valence-electron chi connectivity index (χ2n) is 5.17. The van der Waals surface area contributed by atoms with Gasteiger partial charge in [-0.05, 0) is 36.2 Å². The van der Waals surface area contributed by atoms with Gasteiger partial charge in [-0.25, -0.2) is 0 Å². The van der Waals surface area contributed by atoms with Crippen molar-refractivity contribution in [3.63, 3.8) is 0 Å². The molecule has 0 bridgehead atoms. The predicted octanol–water partition coefficient (Wildman–Crippen LogP) is 5.75. The fraction of sp³-hybridized carbons (Fsp3) is 1.00. The van der Waals surface area contributed by atoms with Crippen LogP contribution in [0.15, 0.2) is 0 Å². The molecule has 0 aromatic carbocycles. The third kappa shape index (κ3) is 4.35. The van der Waals surface area contributed by atoms with Crippen LogP contribution in [-0.2, 0) is 0 Å². The molecule has 0 unspecified atom stereocenters. The van der Waals surface area contributed by atoms with Crippen LogP contribution in [0.3, 0.4) is 0 Å². The Hall–Kier alpha value is 1.57. The molecule has 0 radical (unpaired) electrons. The van der Waals surface area contributed by atoms with Crippen molar-refractivity contribution in [2.75, 3.05) is 11.5 Å². The van der Waals surface area contributed by atoms with Crippen molar-refractivity contribution in [2.24, 2.45) is 5.41 Å². The molecule has 0 aliphatic carbocycles. The normalized spacial score (nSPS) is 22.1. The van der Waals surface area contributed by atoms with E-state index in [9.17, 15) is 0 Å². The van der Waals surface area contributed by atoms with Crippen LogP contribution < -0.4 is 0 Å². The monoisotopic (exact) mass is 320 g/mol. The van der Waals surface area contributed by atoms with E-state index in [1.54, 1.807) is 0 Å². The van der Waals surface area contributed by atoms with E-state index in [2.05, 4.69) is 20.8 Å². The molecule has 0 atom stereocenters. The van der Waals surface area contributed by atoms with Crippen LogP contribution in [0.25, 0.3) is 0 Å². The molecular formula is C11H19Cl3S2. The lowest BCUT2D eigenvalue weighted by molar-refractivity contribution is 0.346. The zero-order valence-electron chi connectivity index (χ0n) is 9.99. The highest BCUT2D eigenvalue weighted by molar-refractivity contribution is 8.18. The van der Waals surface area contributed by atoms with Gasteiger partial charge in [-0.2, -0.15) is 0 Å². The maximum atomic E-state index is 5.88.